The summed E-state index contributed by atoms with van der Waals surface area (Å²) < 4.78 is 0. The van der Waals surface area contributed by atoms with Crippen molar-refractivity contribution >= 4 is 5.91 Å². The van der Waals surface area contributed by atoms with Gasteiger partial charge in [0.1, 0.15) is 0 Å². The first-order valence-electron chi connectivity index (χ1n) is 6.75. The molecule has 0 saturated carbocycles. The quantitative estimate of drug-likeness (QED) is 0.800. The minimum absolute atomic E-state index is 0.149. The van der Waals surface area contributed by atoms with Crippen LogP contribution in [0.4, 0.5) is 0 Å². The van der Waals surface area contributed by atoms with Gasteiger partial charge in [0.15, 0.2) is 0 Å². The number of rotatable bonds is 1. The van der Waals surface area contributed by atoms with Gasteiger partial charge in [0.25, 0.3) is 5.91 Å². The molecule has 0 atom stereocenters. The zero-order valence-corrected chi connectivity index (χ0v) is 10.8. The second kappa shape index (κ2) is 4.69. The van der Waals surface area contributed by atoms with Gasteiger partial charge >= 0.3 is 0 Å². The van der Waals surface area contributed by atoms with Crippen molar-refractivity contribution in [2.45, 2.75) is 26.2 Å². The SMILES string of the molecule is Cc1nc2c(cc1C(=O)N1CCNCC1)CCC2. The zero-order chi connectivity index (χ0) is 12.5. The second-order valence-corrected chi connectivity index (χ2v) is 5.12. The Morgan fingerprint density at radius 3 is 2.89 bits per heavy atom. The fourth-order valence-electron chi connectivity index (χ4n) is 2.83. The Bertz CT molecular complexity index is 478. The number of amides is 1. The van der Waals surface area contributed by atoms with E-state index in [1.807, 2.05) is 11.8 Å². The van der Waals surface area contributed by atoms with Gasteiger partial charge in [-0.1, -0.05) is 0 Å². The highest BCUT2D eigenvalue weighted by molar-refractivity contribution is 5.95. The molecular formula is C14H19N3O. The molecule has 1 fully saturated rings. The Morgan fingerprint density at radius 1 is 1.33 bits per heavy atom. The van der Waals surface area contributed by atoms with E-state index in [0.29, 0.717) is 0 Å². The predicted octanol–water partition coefficient (Wildman–Crippen LogP) is 0.924. The molecule has 4 nitrogen and oxygen atoms in total. The molecule has 96 valence electrons. The molecule has 1 amide bonds. The van der Waals surface area contributed by atoms with Crippen molar-refractivity contribution in [1.29, 1.82) is 0 Å². The maximum absolute atomic E-state index is 12.5. The molecule has 1 aliphatic heterocycles. The molecule has 0 unspecified atom stereocenters. The van der Waals surface area contributed by atoms with E-state index < -0.39 is 0 Å². The number of pyridine rings is 1. The first-order valence-corrected chi connectivity index (χ1v) is 6.75. The van der Waals surface area contributed by atoms with E-state index in [1.54, 1.807) is 0 Å². The summed E-state index contributed by atoms with van der Waals surface area (Å²) in [7, 11) is 0. The number of carbonyl (C=O) groups is 1. The number of carbonyl (C=O) groups excluding carboxylic acids is 1. The van der Waals surface area contributed by atoms with Crippen LogP contribution < -0.4 is 5.32 Å². The molecule has 2 aliphatic rings. The van der Waals surface area contributed by atoms with Gasteiger partial charge in [0.05, 0.1) is 11.3 Å². The monoisotopic (exact) mass is 245 g/mol. The fraction of sp³-hybridized carbons (Fsp3) is 0.571. The van der Waals surface area contributed by atoms with Crippen LogP contribution in [0.15, 0.2) is 6.07 Å². The third-order valence-corrected chi connectivity index (χ3v) is 3.88. The van der Waals surface area contributed by atoms with Crippen LogP contribution in [0.5, 0.6) is 0 Å². The van der Waals surface area contributed by atoms with Crippen molar-refractivity contribution in [3.63, 3.8) is 0 Å². The Kier molecular flexibility index (Phi) is 3.04. The van der Waals surface area contributed by atoms with Gasteiger partial charge in [-0.3, -0.25) is 9.78 Å². The first-order chi connectivity index (χ1) is 8.75. The maximum atomic E-state index is 12.5. The minimum atomic E-state index is 0.149. The lowest BCUT2D eigenvalue weighted by Gasteiger charge is -2.28. The van der Waals surface area contributed by atoms with Gasteiger partial charge < -0.3 is 10.2 Å². The maximum Gasteiger partial charge on any atom is 0.255 e. The van der Waals surface area contributed by atoms with E-state index in [9.17, 15) is 4.79 Å². The molecule has 3 rings (SSSR count). The van der Waals surface area contributed by atoms with E-state index in [4.69, 9.17) is 0 Å². The van der Waals surface area contributed by atoms with Gasteiger partial charge in [-0.15, -0.1) is 0 Å². The summed E-state index contributed by atoms with van der Waals surface area (Å²) >= 11 is 0. The number of nitrogens with one attached hydrogen (secondary N) is 1. The molecule has 0 bridgehead atoms. The van der Waals surface area contributed by atoms with Crippen LogP contribution >= 0.6 is 0 Å². The second-order valence-electron chi connectivity index (χ2n) is 5.12. The van der Waals surface area contributed by atoms with Crippen LogP contribution in [0.2, 0.25) is 0 Å². The van der Waals surface area contributed by atoms with E-state index in [-0.39, 0.29) is 5.91 Å². The number of aromatic nitrogens is 1. The lowest BCUT2D eigenvalue weighted by Crippen LogP contribution is -2.46. The van der Waals surface area contributed by atoms with Crippen molar-refractivity contribution in [3.8, 4) is 0 Å². The average molecular weight is 245 g/mol. The van der Waals surface area contributed by atoms with Crippen LogP contribution in [-0.4, -0.2) is 42.0 Å². The molecule has 1 aromatic heterocycles. The van der Waals surface area contributed by atoms with E-state index in [0.717, 1.165) is 50.3 Å². The zero-order valence-electron chi connectivity index (χ0n) is 10.8. The molecule has 1 aromatic rings. The molecule has 4 heteroatoms. The first kappa shape index (κ1) is 11.7. The highest BCUT2D eigenvalue weighted by Crippen LogP contribution is 2.23. The summed E-state index contributed by atoms with van der Waals surface area (Å²) in [5.74, 6) is 0.149. The summed E-state index contributed by atoms with van der Waals surface area (Å²) in [4.78, 5) is 19.0. The Hall–Kier alpha value is -1.42. The molecule has 0 spiro atoms. The largest absolute Gasteiger partial charge is 0.336 e. The highest BCUT2D eigenvalue weighted by atomic mass is 16.2. The molecule has 1 saturated heterocycles. The topological polar surface area (TPSA) is 45.2 Å². The third kappa shape index (κ3) is 2.01. The molecule has 1 N–H and O–H groups in total. The third-order valence-electron chi connectivity index (χ3n) is 3.88. The van der Waals surface area contributed by atoms with E-state index in [1.165, 1.54) is 17.7 Å². The molecule has 2 heterocycles. The lowest BCUT2D eigenvalue weighted by atomic mass is 10.1. The van der Waals surface area contributed by atoms with Crippen LogP contribution in [0.1, 0.15) is 33.7 Å². The number of hydrogen-bond acceptors (Lipinski definition) is 3. The molecule has 0 aromatic carbocycles. The van der Waals surface area contributed by atoms with Gasteiger partial charge in [-0.25, -0.2) is 0 Å². The summed E-state index contributed by atoms with van der Waals surface area (Å²) in [6, 6.07) is 2.08. The van der Waals surface area contributed by atoms with Crippen molar-refractivity contribution in [2.75, 3.05) is 26.2 Å². The van der Waals surface area contributed by atoms with Crippen LogP contribution in [0.25, 0.3) is 0 Å². The van der Waals surface area contributed by atoms with Crippen molar-refractivity contribution < 1.29 is 4.79 Å². The van der Waals surface area contributed by atoms with Crippen molar-refractivity contribution in [3.05, 3.63) is 28.6 Å². The normalized spacial score (nSPS) is 18.8. The average Bonchev–Trinajstić information content (AvgIpc) is 2.85. The van der Waals surface area contributed by atoms with Gasteiger partial charge in [0, 0.05) is 31.9 Å². The highest BCUT2D eigenvalue weighted by Gasteiger charge is 2.23. The predicted molar refractivity (Wildman–Crippen MR) is 69.8 cm³/mol. The van der Waals surface area contributed by atoms with Crippen molar-refractivity contribution in [1.82, 2.24) is 15.2 Å². The van der Waals surface area contributed by atoms with Crippen molar-refractivity contribution in [2.24, 2.45) is 0 Å². The Morgan fingerprint density at radius 2 is 2.11 bits per heavy atom. The Balaban J connectivity index is 1.89. The van der Waals surface area contributed by atoms with Crippen LogP contribution in [-0.2, 0) is 12.8 Å². The summed E-state index contributed by atoms with van der Waals surface area (Å²) in [5, 5.41) is 3.27. The molecule has 18 heavy (non-hydrogen) atoms. The van der Waals surface area contributed by atoms with Gasteiger partial charge in [0.2, 0.25) is 0 Å². The summed E-state index contributed by atoms with van der Waals surface area (Å²) in [5.41, 5.74) is 4.17. The van der Waals surface area contributed by atoms with Crippen LogP contribution in [0.3, 0.4) is 0 Å². The summed E-state index contributed by atoms with van der Waals surface area (Å²) in [6.07, 6.45) is 3.32. The minimum Gasteiger partial charge on any atom is -0.336 e. The number of hydrogen-bond donors (Lipinski definition) is 1. The number of piperazine rings is 1. The number of nitrogens with zero attached hydrogens (tertiary/aromatic N) is 2. The fourth-order valence-corrected chi connectivity index (χ4v) is 2.83. The van der Waals surface area contributed by atoms with Crippen LogP contribution in [0, 0.1) is 6.92 Å². The summed E-state index contributed by atoms with van der Waals surface area (Å²) in [6.45, 7) is 5.34. The van der Waals surface area contributed by atoms with E-state index in [2.05, 4.69) is 16.4 Å². The lowest BCUT2D eigenvalue weighted by molar-refractivity contribution is 0.0734. The Labute approximate surface area is 107 Å². The number of fused-ring (bicyclic) bond motifs is 1. The van der Waals surface area contributed by atoms with E-state index >= 15 is 0 Å². The molecule has 0 radical (unpaired) electrons. The molecular weight excluding hydrogens is 226 g/mol. The molecule has 1 aliphatic carbocycles. The smallest absolute Gasteiger partial charge is 0.255 e. The van der Waals surface area contributed by atoms with Gasteiger partial charge in [-0.05, 0) is 37.8 Å². The number of aryl methyl sites for hydroxylation is 3. The standard InChI is InChI=1S/C14H19N3O/c1-10-12(9-11-3-2-4-13(11)16-10)14(18)17-7-5-15-6-8-17/h9,15H,2-8H2,1H3. The van der Waals surface area contributed by atoms with Gasteiger partial charge in [-0.2, -0.15) is 0 Å².